The number of aryl methyl sites for hydroxylation is 1. The Hall–Kier alpha value is -1.95. The molecule has 6 heteroatoms. The molecule has 2 rings (SSSR count). The minimum atomic E-state index is -0.710. The topological polar surface area (TPSA) is 66.0 Å². The zero-order chi connectivity index (χ0) is 12.4. The molecule has 0 saturated carbocycles. The number of hydrogen-bond acceptors (Lipinski definition) is 4. The zero-order valence-electron chi connectivity index (χ0n) is 9.59. The van der Waals surface area contributed by atoms with E-state index in [-0.39, 0.29) is 5.56 Å². The molecule has 90 valence electrons. The van der Waals surface area contributed by atoms with E-state index in [4.69, 9.17) is 10.5 Å². The molecule has 2 aromatic rings. The van der Waals surface area contributed by atoms with Gasteiger partial charge in [-0.3, -0.25) is 4.68 Å². The highest BCUT2D eigenvalue weighted by atomic mass is 19.1. The minimum Gasteiger partial charge on any atom is -0.496 e. The van der Waals surface area contributed by atoms with Gasteiger partial charge in [0.25, 0.3) is 0 Å². The average Bonchev–Trinajstić information content (AvgIpc) is 2.74. The van der Waals surface area contributed by atoms with E-state index in [0.29, 0.717) is 11.6 Å². The summed E-state index contributed by atoms with van der Waals surface area (Å²) < 4.78 is 20.4. The van der Waals surface area contributed by atoms with Crippen molar-refractivity contribution >= 4 is 0 Å². The second kappa shape index (κ2) is 4.50. The van der Waals surface area contributed by atoms with Gasteiger partial charge in [-0.25, -0.2) is 9.37 Å². The van der Waals surface area contributed by atoms with E-state index in [1.165, 1.54) is 24.2 Å². The Kier molecular flexibility index (Phi) is 3.06. The Bertz CT molecular complexity index is 526. The Balaban J connectivity index is 2.50. The predicted octanol–water partition coefficient (Wildman–Crippen LogP) is 1.01. The fourth-order valence-corrected chi connectivity index (χ4v) is 1.71. The molecule has 2 N–H and O–H groups in total. The molecule has 0 radical (unpaired) electrons. The molecule has 0 aliphatic carbocycles. The van der Waals surface area contributed by atoms with Crippen molar-refractivity contribution < 1.29 is 9.13 Å². The monoisotopic (exact) mass is 236 g/mol. The number of aromatic nitrogens is 3. The van der Waals surface area contributed by atoms with Crippen molar-refractivity contribution in [2.75, 3.05) is 7.11 Å². The highest BCUT2D eigenvalue weighted by Crippen LogP contribution is 2.29. The number of nitrogens with zero attached hydrogens (tertiary/aromatic N) is 3. The first kappa shape index (κ1) is 11.5. The third-order valence-corrected chi connectivity index (χ3v) is 2.57. The van der Waals surface area contributed by atoms with Gasteiger partial charge in [0.15, 0.2) is 0 Å². The molecule has 1 unspecified atom stereocenters. The van der Waals surface area contributed by atoms with E-state index in [1.807, 2.05) is 0 Å². The van der Waals surface area contributed by atoms with E-state index in [0.717, 1.165) is 0 Å². The van der Waals surface area contributed by atoms with Crippen LogP contribution in [0.2, 0.25) is 0 Å². The molecule has 1 heterocycles. The lowest BCUT2D eigenvalue weighted by Crippen LogP contribution is -2.19. The van der Waals surface area contributed by atoms with Crippen molar-refractivity contribution in [2.45, 2.75) is 6.04 Å². The summed E-state index contributed by atoms with van der Waals surface area (Å²) in [7, 11) is 3.18. The van der Waals surface area contributed by atoms with Gasteiger partial charge in [-0.15, -0.1) is 0 Å². The third kappa shape index (κ3) is 1.99. The standard InChI is InChI=1S/C11H13FN4O/c1-16-11(14-6-15-16)10(13)9-7(12)4-3-5-8(9)17-2/h3-6,10H,13H2,1-2H3. The van der Waals surface area contributed by atoms with E-state index in [9.17, 15) is 4.39 Å². The molecule has 0 bridgehead atoms. The first-order valence-corrected chi connectivity index (χ1v) is 5.07. The Labute approximate surface area is 98.0 Å². The van der Waals surface area contributed by atoms with Gasteiger partial charge < -0.3 is 10.5 Å². The van der Waals surface area contributed by atoms with Gasteiger partial charge in [-0.1, -0.05) is 6.07 Å². The average molecular weight is 236 g/mol. The van der Waals surface area contributed by atoms with Crippen molar-refractivity contribution in [3.63, 3.8) is 0 Å². The smallest absolute Gasteiger partial charge is 0.148 e. The highest BCUT2D eigenvalue weighted by Gasteiger charge is 2.21. The summed E-state index contributed by atoms with van der Waals surface area (Å²) >= 11 is 0. The first-order chi connectivity index (χ1) is 8.15. The predicted molar refractivity (Wildman–Crippen MR) is 60.0 cm³/mol. The van der Waals surface area contributed by atoms with Crippen LogP contribution in [0.4, 0.5) is 4.39 Å². The Morgan fingerprint density at radius 2 is 2.24 bits per heavy atom. The quantitative estimate of drug-likeness (QED) is 0.863. The van der Waals surface area contributed by atoms with Gasteiger partial charge in [-0.05, 0) is 12.1 Å². The van der Waals surface area contributed by atoms with E-state index < -0.39 is 11.9 Å². The largest absolute Gasteiger partial charge is 0.496 e. The second-order valence-electron chi connectivity index (χ2n) is 3.58. The molecule has 1 aromatic carbocycles. The van der Waals surface area contributed by atoms with Gasteiger partial charge >= 0.3 is 0 Å². The summed E-state index contributed by atoms with van der Waals surface area (Å²) in [6.07, 6.45) is 1.38. The van der Waals surface area contributed by atoms with E-state index >= 15 is 0 Å². The summed E-state index contributed by atoms with van der Waals surface area (Å²) in [5.41, 5.74) is 6.28. The van der Waals surface area contributed by atoms with Crippen LogP contribution in [0, 0.1) is 5.82 Å². The van der Waals surface area contributed by atoms with Crippen LogP contribution in [-0.2, 0) is 7.05 Å². The van der Waals surface area contributed by atoms with Crippen LogP contribution < -0.4 is 10.5 Å². The third-order valence-electron chi connectivity index (χ3n) is 2.57. The normalized spacial score (nSPS) is 12.5. The summed E-state index contributed by atoms with van der Waals surface area (Å²) in [5.74, 6) is 0.466. The number of benzene rings is 1. The van der Waals surface area contributed by atoms with Gasteiger partial charge in [-0.2, -0.15) is 5.10 Å². The lowest BCUT2D eigenvalue weighted by Gasteiger charge is -2.15. The maximum absolute atomic E-state index is 13.8. The van der Waals surface area contributed by atoms with Crippen molar-refractivity contribution in [1.82, 2.24) is 14.8 Å². The van der Waals surface area contributed by atoms with Crippen molar-refractivity contribution in [1.29, 1.82) is 0 Å². The van der Waals surface area contributed by atoms with Gasteiger partial charge in [0.1, 0.15) is 23.7 Å². The highest BCUT2D eigenvalue weighted by molar-refractivity contribution is 5.39. The van der Waals surface area contributed by atoms with Crippen LogP contribution in [0.3, 0.4) is 0 Å². The molecule has 1 aromatic heterocycles. The number of halogens is 1. The van der Waals surface area contributed by atoms with Crippen LogP contribution in [0.25, 0.3) is 0 Å². The molecule has 17 heavy (non-hydrogen) atoms. The summed E-state index contributed by atoms with van der Waals surface area (Å²) in [5, 5.41) is 3.91. The van der Waals surface area contributed by atoms with Crippen LogP contribution in [0.1, 0.15) is 17.4 Å². The maximum atomic E-state index is 13.8. The SMILES string of the molecule is COc1cccc(F)c1C(N)c1ncnn1C. The summed E-state index contributed by atoms with van der Waals surface area (Å²) in [6.45, 7) is 0. The maximum Gasteiger partial charge on any atom is 0.148 e. The van der Waals surface area contributed by atoms with Crippen LogP contribution in [0.15, 0.2) is 24.5 Å². The van der Waals surface area contributed by atoms with Gasteiger partial charge in [0, 0.05) is 7.05 Å². The minimum absolute atomic E-state index is 0.283. The van der Waals surface area contributed by atoms with Gasteiger partial charge in [0.05, 0.1) is 18.7 Å². The number of methoxy groups -OCH3 is 1. The zero-order valence-corrected chi connectivity index (χ0v) is 9.59. The lowest BCUT2D eigenvalue weighted by atomic mass is 10.1. The molecule has 0 aliphatic rings. The van der Waals surface area contributed by atoms with Crippen molar-refractivity contribution in [2.24, 2.45) is 12.8 Å². The van der Waals surface area contributed by atoms with E-state index in [2.05, 4.69) is 10.1 Å². The second-order valence-corrected chi connectivity index (χ2v) is 3.58. The lowest BCUT2D eigenvalue weighted by molar-refractivity contribution is 0.400. The van der Waals surface area contributed by atoms with Crippen molar-refractivity contribution in [3.8, 4) is 5.75 Å². The molecule has 1 atom stereocenters. The molecule has 0 saturated heterocycles. The Morgan fingerprint density at radius 3 is 2.82 bits per heavy atom. The van der Waals surface area contributed by atoms with Crippen molar-refractivity contribution in [3.05, 3.63) is 41.7 Å². The first-order valence-electron chi connectivity index (χ1n) is 5.07. The molecule has 0 aliphatic heterocycles. The fraction of sp³-hybridized carbons (Fsp3) is 0.273. The van der Waals surface area contributed by atoms with Crippen LogP contribution >= 0.6 is 0 Å². The van der Waals surface area contributed by atoms with Crippen LogP contribution in [-0.4, -0.2) is 21.9 Å². The molecule has 5 nitrogen and oxygen atoms in total. The van der Waals surface area contributed by atoms with E-state index in [1.54, 1.807) is 19.2 Å². The summed E-state index contributed by atoms with van der Waals surface area (Å²) in [4.78, 5) is 4.01. The molecule has 0 amide bonds. The molecule has 0 fully saturated rings. The molecule has 0 spiro atoms. The number of hydrogen-bond donors (Lipinski definition) is 1. The fourth-order valence-electron chi connectivity index (χ4n) is 1.71. The molecular formula is C11H13FN4O. The van der Waals surface area contributed by atoms with Gasteiger partial charge in [0.2, 0.25) is 0 Å². The number of rotatable bonds is 3. The summed E-state index contributed by atoms with van der Waals surface area (Å²) in [6, 6.07) is 3.86. The van der Waals surface area contributed by atoms with Crippen LogP contribution in [0.5, 0.6) is 5.75 Å². The number of ether oxygens (including phenoxy) is 1. The Morgan fingerprint density at radius 1 is 1.47 bits per heavy atom. The molecular weight excluding hydrogens is 223 g/mol. The number of nitrogens with two attached hydrogens (primary N) is 1.